The van der Waals surface area contributed by atoms with Crippen LogP contribution in [0.1, 0.15) is 32.1 Å². The van der Waals surface area contributed by atoms with Crippen LogP contribution in [-0.2, 0) is 0 Å². The van der Waals surface area contributed by atoms with Crippen LogP contribution in [0.15, 0.2) is 12.1 Å². The van der Waals surface area contributed by atoms with Gasteiger partial charge in [0.1, 0.15) is 5.82 Å². The summed E-state index contributed by atoms with van der Waals surface area (Å²) in [5.74, 6) is -1.20. The standard InChI is InChI=1S/C12H13F2O/c13-9-6-7-11(14)12(8-9)15-10-4-2-1-3-5-10/h6-7,10H,1-5H2. The molecule has 0 saturated heterocycles. The summed E-state index contributed by atoms with van der Waals surface area (Å²) >= 11 is 0. The van der Waals surface area contributed by atoms with Crippen molar-refractivity contribution >= 4 is 0 Å². The van der Waals surface area contributed by atoms with Gasteiger partial charge in [-0.05, 0) is 37.8 Å². The first-order chi connectivity index (χ1) is 7.25. The zero-order chi connectivity index (χ0) is 10.7. The van der Waals surface area contributed by atoms with E-state index in [9.17, 15) is 8.78 Å². The summed E-state index contributed by atoms with van der Waals surface area (Å²) < 4.78 is 31.4. The Balaban J connectivity index is 2.05. The zero-order valence-corrected chi connectivity index (χ0v) is 8.43. The molecule has 2 rings (SSSR count). The van der Waals surface area contributed by atoms with Crippen LogP contribution in [-0.4, -0.2) is 6.10 Å². The average molecular weight is 211 g/mol. The van der Waals surface area contributed by atoms with Crippen LogP contribution in [0.3, 0.4) is 0 Å². The van der Waals surface area contributed by atoms with Crippen molar-refractivity contribution in [2.75, 3.05) is 0 Å². The largest absolute Gasteiger partial charge is 0.487 e. The van der Waals surface area contributed by atoms with Crippen LogP contribution < -0.4 is 4.74 Å². The maximum Gasteiger partial charge on any atom is 0.166 e. The number of hydrogen-bond acceptors (Lipinski definition) is 1. The lowest BCUT2D eigenvalue weighted by molar-refractivity contribution is 0.147. The van der Waals surface area contributed by atoms with E-state index in [1.54, 1.807) is 0 Å². The molecule has 0 aliphatic heterocycles. The van der Waals surface area contributed by atoms with Gasteiger partial charge >= 0.3 is 0 Å². The summed E-state index contributed by atoms with van der Waals surface area (Å²) in [6.07, 6.45) is 5.26. The maximum atomic E-state index is 13.2. The van der Waals surface area contributed by atoms with Gasteiger partial charge in [0.05, 0.1) is 12.2 Å². The molecule has 0 bridgehead atoms. The van der Waals surface area contributed by atoms with Crippen molar-refractivity contribution in [2.24, 2.45) is 0 Å². The number of rotatable bonds is 2. The van der Waals surface area contributed by atoms with Gasteiger partial charge in [-0.25, -0.2) is 8.78 Å². The SMILES string of the molecule is Fc1[c]c(OC2CCCCC2)c(F)cc1. The van der Waals surface area contributed by atoms with Crippen molar-refractivity contribution in [1.82, 2.24) is 0 Å². The first-order valence-corrected chi connectivity index (χ1v) is 5.29. The Bertz CT molecular complexity index is 332. The third-order valence-electron chi connectivity index (χ3n) is 2.66. The molecule has 0 aromatic heterocycles. The molecule has 81 valence electrons. The molecule has 0 heterocycles. The Morgan fingerprint density at radius 3 is 2.60 bits per heavy atom. The van der Waals surface area contributed by atoms with E-state index in [1.165, 1.54) is 6.42 Å². The molecule has 0 amide bonds. The average Bonchev–Trinajstić information content (AvgIpc) is 2.25. The van der Waals surface area contributed by atoms with Crippen LogP contribution in [0.4, 0.5) is 8.78 Å². The van der Waals surface area contributed by atoms with Crippen LogP contribution in [0.5, 0.6) is 5.75 Å². The Morgan fingerprint density at radius 2 is 1.87 bits per heavy atom. The summed E-state index contributed by atoms with van der Waals surface area (Å²) in [4.78, 5) is 0. The zero-order valence-electron chi connectivity index (χ0n) is 8.43. The minimum atomic E-state index is -0.581. The number of ether oxygens (including phenoxy) is 1. The predicted molar refractivity (Wildman–Crippen MR) is 52.7 cm³/mol. The second kappa shape index (κ2) is 4.60. The first-order valence-electron chi connectivity index (χ1n) is 5.29. The summed E-state index contributed by atoms with van der Waals surface area (Å²) in [6, 6.07) is 4.38. The lowest BCUT2D eigenvalue weighted by atomic mass is 9.98. The third kappa shape index (κ3) is 2.67. The fourth-order valence-corrected chi connectivity index (χ4v) is 1.87. The highest BCUT2D eigenvalue weighted by molar-refractivity contribution is 5.23. The second-order valence-corrected chi connectivity index (χ2v) is 3.86. The Labute approximate surface area is 88.1 Å². The topological polar surface area (TPSA) is 9.23 Å². The molecule has 3 heteroatoms. The predicted octanol–water partition coefficient (Wildman–Crippen LogP) is 3.48. The van der Waals surface area contributed by atoms with E-state index >= 15 is 0 Å². The van der Waals surface area contributed by atoms with Gasteiger partial charge in [-0.2, -0.15) is 0 Å². The number of hydrogen-bond donors (Lipinski definition) is 0. The Kier molecular flexibility index (Phi) is 3.19. The lowest BCUT2D eigenvalue weighted by Gasteiger charge is -2.22. The van der Waals surface area contributed by atoms with E-state index in [0.29, 0.717) is 0 Å². The molecule has 1 aromatic carbocycles. The number of halogens is 2. The molecule has 0 N–H and O–H groups in total. The van der Waals surface area contributed by atoms with Crippen LogP contribution >= 0.6 is 0 Å². The Hall–Kier alpha value is -1.12. The van der Waals surface area contributed by atoms with Crippen molar-refractivity contribution < 1.29 is 13.5 Å². The molecule has 1 nitrogen and oxygen atoms in total. The quantitative estimate of drug-likeness (QED) is 0.727. The summed E-state index contributed by atoms with van der Waals surface area (Å²) in [7, 11) is 0. The smallest absolute Gasteiger partial charge is 0.166 e. The highest BCUT2D eigenvalue weighted by Gasteiger charge is 2.17. The third-order valence-corrected chi connectivity index (χ3v) is 2.66. The van der Waals surface area contributed by atoms with Crippen molar-refractivity contribution in [3.05, 3.63) is 29.8 Å². The van der Waals surface area contributed by atoms with E-state index in [-0.39, 0.29) is 11.9 Å². The lowest BCUT2D eigenvalue weighted by Crippen LogP contribution is -2.20. The molecule has 15 heavy (non-hydrogen) atoms. The molecule has 1 aliphatic rings. The molecular formula is C12H13F2O. The summed E-state index contributed by atoms with van der Waals surface area (Å²) in [6.45, 7) is 0. The van der Waals surface area contributed by atoms with E-state index in [1.807, 2.05) is 0 Å². The minimum Gasteiger partial charge on any atom is -0.487 e. The molecule has 1 radical (unpaired) electrons. The van der Waals surface area contributed by atoms with E-state index in [0.717, 1.165) is 37.8 Å². The number of benzene rings is 1. The second-order valence-electron chi connectivity index (χ2n) is 3.86. The van der Waals surface area contributed by atoms with Crippen molar-refractivity contribution in [3.8, 4) is 5.75 Å². The molecule has 1 aromatic rings. The van der Waals surface area contributed by atoms with Gasteiger partial charge in [-0.1, -0.05) is 6.42 Å². The monoisotopic (exact) mass is 211 g/mol. The van der Waals surface area contributed by atoms with Gasteiger partial charge in [0, 0.05) is 0 Å². The van der Waals surface area contributed by atoms with E-state index in [4.69, 9.17) is 4.74 Å². The normalized spacial score (nSPS) is 17.7. The molecule has 0 atom stereocenters. The fraction of sp³-hybridized carbons (Fsp3) is 0.500. The van der Waals surface area contributed by atoms with E-state index in [2.05, 4.69) is 6.07 Å². The van der Waals surface area contributed by atoms with Gasteiger partial charge in [-0.3, -0.25) is 0 Å². The molecule has 1 fully saturated rings. The van der Waals surface area contributed by atoms with Gasteiger partial charge in [0.15, 0.2) is 11.6 Å². The van der Waals surface area contributed by atoms with Gasteiger partial charge in [-0.15, -0.1) is 0 Å². The first kappa shape index (κ1) is 10.4. The van der Waals surface area contributed by atoms with Gasteiger partial charge < -0.3 is 4.74 Å². The highest BCUT2D eigenvalue weighted by atomic mass is 19.1. The van der Waals surface area contributed by atoms with Gasteiger partial charge in [0.25, 0.3) is 0 Å². The van der Waals surface area contributed by atoms with E-state index < -0.39 is 11.6 Å². The summed E-state index contributed by atoms with van der Waals surface area (Å²) in [5, 5.41) is 0. The van der Waals surface area contributed by atoms with Crippen molar-refractivity contribution in [2.45, 2.75) is 38.2 Å². The van der Waals surface area contributed by atoms with Gasteiger partial charge in [0.2, 0.25) is 0 Å². The van der Waals surface area contributed by atoms with Crippen LogP contribution in [0.2, 0.25) is 0 Å². The van der Waals surface area contributed by atoms with Crippen molar-refractivity contribution in [3.63, 3.8) is 0 Å². The van der Waals surface area contributed by atoms with Crippen LogP contribution in [0, 0.1) is 17.7 Å². The van der Waals surface area contributed by atoms with Crippen molar-refractivity contribution in [1.29, 1.82) is 0 Å². The molecule has 1 aliphatic carbocycles. The maximum absolute atomic E-state index is 13.2. The molecular weight excluding hydrogens is 198 g/mol. The fourth-order valence-electron chi connectivity index (χ4n) is 1.87. The van der Waals surface area contributed by atoms with Crippen LogP contribution in [0.25, 0.3) is 0 Å². The molecule has 0 spiro atoms. The minimum absolute atomic E-state index is 0.0197. The molecule has 1 saturated carbocycles. The highest BCUT2D eigenvalue weighted by Crippen LogP contribution is 2.25. The summed E-state index contributed by atoms with van der Waals surface area (Å²) in [5.41, 5.74) is 0. The Morgan fingerprint density at radius 1 is 1.13 bits per heavy atom. The molecule has 0 unspecified atom stereocenters.